The third-order valence-electron chi connectivity index (χ3n) is 20.4. The number of halogens is 7. The molecule has 0 aliphatic carbocycles. The molecule has 0 bridgehead atoms. The van der Waals surface area contributed by atoms with Gasteiger partial charge in [0, 0.05) is 116 Å². The van der Waals surface area contributed by atoms with Crippen LogP contribution >= 0.6 is 158 Å². The number of fused-ring (bicyclic) bond motifs is 8. The highest BCUT2D eigenvalue weighted by Crippen LogP contribution is 2.53. The molecule has 4 heterocycles. The van der Waals surface area contributed by atoms with Gasteiger partial charge in [-0.15, -0.1) is 0 Å². The van der Waals surface area contributed by atoms with E-state index in [1.54, 1.807) is 0 Å². The number of anilines is 18. The van der Waals surface area contributed by atoms with Crippen molar-refractivity contribution in [3.8, 4) is 0 Å². The van der Waals surface area contributed by atoms with Crippen molar-refractivity contribution in [2.45, 2.75) is 59.3 Å². The van der Waals surface area contributed by atoms with E-state index in [-0.39, 0.29) is 13.4 Å². The molecule has 0 unspecified atom stereocenters. The minimum Gasteiger partial charge on any atom is -0.311 e. The van der Waals surface area contributed by atoms with Crippen LogP contribution in [0.1, 0.15) is 56.2 Å². The predicted molar refractivity (Wildman–Crippen MR) is 495 cm³/mol. The normalized spacial score (nSPS) is 12.9. The monoisotopic (exact) mass is 2100 g/mol. The van der Waals surface area contributed by atoms with Crippen molar-refractivity contribution in [1.29, 1.82) is 0 Å². The van der Waals surface area contributed by atoms with Crippen LogP contribution in [0.5, 0.6) is 0 Å². The Kier molecular flexibility index (Phi) is 19.6. The smallest absolute Gasteiger partial charge is 0.252 e. The molecule has 13 aromatic rings. The van der Waals surface area contributed by atoms with E-state index in [9.17, 15) is 0 Å². The number of hydrogen-bond acceptors (Lipinski definition) is 6. The molecule has 498 valence electrons. The fraction of sp³-hybridized carbons (Fsp3) is 0.103. The number of benzene rings is 13. The van der Waals surface area contributed by atoms with E-state index in [1.165, 1.54) is 85.8 Å². The van der Waals surface area contributed by atoms with Crippen LogP contribution in [-0.2, 0) is 12.8 Å². The molecule has 0 N–H and O–H groups in total. The minimum absolute atomic E-state index is 0.183. The summed E-state index contributed by atoms with van der Waals surface area (Å²) in [6.45, 7) is 6.46. The summed E-state index contributed by atoms with van der Waals surface area (Å²) in [5, 5.41) is 0. The number of aryl methyl sites for hydroxylation is 3. The Bertz CT molecular complexity index is 5330. The second-order valence-electron chi connectivity index (χ2n) is 26.8. The van der Waals surface area contributed by atoms with Crippen LogP contribution in [0, 0.1) is 31.9 Å². The molecule has 13 aromatic carbocycles. The fourth-order valence-electron chi connectivity index (χ4n) is 15.7. The van der Waals surface area contributed by atoms with E-state index in [2.05, 4.69) is 475 Å². The van der Waals surface area contributed by atoms with Gasteiger partial charge in [0.1, 0.15) is 0 Å². The first-order valence-electron chi connectivity index (χ1n) is 34.7. The van der Waals surface area contributed by atoms with E-state index in [1.807, 2.05) is 0 Å². The molecule has 0 saturated heterocycles. The summed E-state index contributed by atoms with van der Waals surface area (Å²) in [5.74, 6) is 0. The average Bonchev–Trinajstić information content (AvgIpc) is 0.684. The molecule has 0 saturated carbocycles. The first kappa shape index (κ1) is 69.0. The Hall–Kier alpha value is -6.10. The molecule has 0 atom stereocenters. The van der Waals surface area contributed by atoms with Gasteiger partial charge in [0.05, 0.1) is 11.4 Å². The van der Waals surface area contributed by atoms with Crippen molar-refractivity contribution < 1.29 is 0 Å². The second kappa shape index (κ2) is 29.0. The van der Waals surface area contributed by atoms with E-state index in [0.29, 0.717) is 0 Å². The zero-order chi connectivity index (χ0) is 69.6. The van der Waals surface area contributed by atoms with E-state index < -0.39 is 0 Å². The Balaban J connectivity index is 0.994. The zero-order valence-electron chi connectivity index (χ0n) is 56.1. The minimum atomic E-state index is -0.186. The predicted octanol–water partition coefficient (Wildman–Crippen LogP) is 24.0. The third-order valence-corrected chi connectivity index (χ3v) is 25.4. The highest BCUT2D eigenvalue weighted by Gasteiger charge is 2.49. The van der Waals surface area contributed by atoms with Crippen molar-refractivity contribution in [1.82, 2.24) is 0 Å². The number of rotatable bonds is 16. The van der Waals surface area contributed by atoms with E-state index >= 15 is 0 Å². The Labute approximate surface area is 694 Å². The number of hydrogen-bond donors (Lipinski definition) is 0. The highest BCUT2D eigenvalue weighted by molar-refractivity contribution is 14.1. The number of unbranched alkanes of at least 4 members (excludes halogenated alkanes) is 2. The summed E-state index contributed by atoms with van der Waals surface area (Å²) < 4.78 is 8.31. The van der Waals surface area contributed by atoms with Crippen LogP contribution < -0.4 is 62.2 Å². The largest absolute Gasteiger partial charge is 0.311 e. The summed E-state index contributed by atoms with van der Waals surface area (Å²) in [4.78, 5) is 15.4. The van der Waals surface area contributed by atoms with Gasteiger partial charge in [0.15, 0.2) is 0 Å². The first-order valence-corrected chi connectivity index (χ1v) is 42.3. The molecule has 0 radical (unpaired) electrons. The molecular weight excluding hydrogens is 2040 g/mol. The summed E-state index contributed by atoms with van der Waals surface area (Å²) in [6.07, 6.45) is 6.71. The molecule has 4 aliphatic rings. The molecule has 0 fully saturated rings. The highest BCUT2D eigenvalue weighted by atomic mass is 127. The molecule has 0 spiro atoms. The maximum absolute atomic E-state index is 2.68. The molecule has 4 aliphatic heterocycles. The van der Waals surface area contributed by atoms with Gasteiger partial charge in [-0.05, 0) is 453 Å². The summed E-state index contributed by atoms with van der Waals surface area (Å²) in [6, 6.07) is 103. The van der Waals surface area contributed by atoms with E-state index in [0.717, 1.165) is 130 Å². The van der Waals surface area contributed by atoms with Crippen LogP contribution in [0.3, 0.4) is 0 Å². The van der Waals surface area contributed by atoms with Crippen molar-refractivity contribution >= 4 is 307 Å². The lowest BCUT2D eigenvalue weighted by Gasteiger charge is -2.48. The molecule has 17 rings (SSSR count). The Morgan fingerprint density at radius 3 is 0.912 bits per heavy atom. The van der Waals surface area contributed by atoms with Crippen LogP contribution in [0.15, 0.2) is 267 Å². The summed E-state index contributed by atoms with van der Waals surface area (Å²) in [7, 11) is 0. The fourth-order valence-corrected chi connectivity index (χ4v) is 18.4. The topological polar surface area (TPSA) is 19.4 Å². The van der Waals surface area contributed by atoms with Gasteiger partial charge in [-0.2, -0.15) is 0 Å². The third kappa shape index (κ3) is 12.8. The van der Waals surface area contributed by atoms with Crippen molar-refractivity contribution in [2.75, 3.05) is 29.4 Å². The molecule has 15 heteroatoms. The Morgan fingerprint density at radius 1 is 0.265 bits per heavy atom. The van der Waals surface area contributed by atoms with Gasteiger partial charge in [-0.25, -0.2) is 0 Å². The average molecular weight is 2100 g/mol. The van der Waals surface area contributed by atoms with Gasteiger partial charge in [0.25, 0.3) is 13.4 Å². The molecule has 0 amide bonds. The first-order chi connectivity index (χ1) is 49.7. The molecule has 6 nitrogen and oxygen atoms in total. The van der Waals surface area contributed by atoms with Crippen LogP contribution in [-0.4, -0.2) is 13.4 Å². The molecule has 102 heavy (non-hydrogen) atoms. The Morgan fingerprint density at radius 2 is 0.549 bits per heavy atom. The van der Waals surface area contributed by atoms with Gasteiger partial charge in [-0.3, -0.25) is 0 Å². The lowest BCUT2D eigenvalue weighted by atomic mass is 9.30. The maximum atomic E-state index is 2.68. The standard InChI is InChI=1S/C87H65B2I7N6/c1-4-6-8-55-11-28-64(29-12-55)97(65-32-15-57(90)16-33-65)72-48-83-87-85(50-72)102(71-42-25-62(95)26-43-71)81-53-80-76(52-77(81)89(87)75-47-63(96)27-45-79(75)99(83)68-30-13-56(14-31-68)9-7-5-2)88-74-46-54(3)10-44-78(74)100(69-38-21-60(93)22-39-69)82-49-73(51-84(86(82)88)101(80)70-40-23-61(94)24-41-70)98(66-34-17-58(91)18-35-66)67-36-19-59(92)20-37-67/h10-53H,4-9H2,1-3H3. The van der Waals surface area contributed by atoms with Crippen LogP contribution in [0.4, 0.5) is 102 Å². The zero-order valence-corrected chi connectivity index (χ0v) is 71.2. The van der Waals surface area contributed by atoms with Crippen molar-refractivity contribution in [3.63, 3.8) is 0 Å². The SMILES string of the molecule is CCCCc1ccc(N(c2ccc(I)cc2)c2cc3c4c(c2)N(c2ccc(I)cc2)c2cc5c(cc2B4c2cc(I)ccc2N3c2ccc(CCCC)cc2)B2c3cc(C)ccc3N(c3ccc(I)cc3)c3cc(N(c4ccc(I)cc4)c4ccc(I)cc4)cc(c32)N5c2ccc(I)cc2)cc1. The van der Waals surface area contributed by atoms with Gasteiger partial charge >= 0.3 is 0 Å². The lowest BCUT2D eigenvalue weighted by Crippen LogP contribution is -2.65. The van der Waals surface area contributed by atoms with Crippen LogP contribution in [0.2, 0.25) is 0 Å². The molecular formula is C87H65B2I7N6. The summed E-state index contributed by atoms with van der Waals surface area (Å²) >= 11 is 17.3. The van der Waals surface area contributed by atoms with Crippen LogP contribution in [0.25, 0.3) is 0 Å². The second-order valence-corrected chi connectivity index (χ2v) is 35.5. The lowest BCUT2D eigenvalue weighted by molar-refractivity contribution is 0.795. The van der Waals surface area contributed by atoms with Gasteiger partial charge in [-0.1, -0.05) is 80.8 Å². The van der Waals surface area contributed by atoms with Crippen molar-refractivity contribution in [3.05, 3.63) is 309 Å². The quantitative estimate of drug-likeness (QED) is 0.0704. The summed E-state index contributed by atoms with van der Waals surface area (Å²) in [5.41, 5.74) is 31.8. The van der Waals surface area contributed by atoms with Gasteiger partial charge in [0.2, 0.25) is 0 Å². The number of nitrogens with zero attached hydrogens (tertiary/aromatic N) is 6. The van der Waals surface area contributed by atoms with E-state index in [4.69, 9.17) is 0 Å². The molecule has 0 aromatic heterocycles. The van der Waals surface area contributed by atoms with Crippen molar-refractivity contribution in [2.24, 2.45) is 0 Å². The maximum Gasteiger partial charge on any atom is 0.252 e. The van der Waals surface area contributed by atoms with Gasteiger partial charge < -0.3 is 29.4 Å².